The molecule has 5 heteroatoms. The molecule has 0 aliphatic carbocycles. The maximum Gasteiger partial charge on any atom is 0.330 e. The Morgan fingerprint density at radius 2 is 1.05 bits per heavy atom. The van der Waals surface area contributed by atoms with Gasteiger partial charge in [0.05, 0.1) is 26.2 Å². The van der Waals surface area contributed by atoms with E-state index < -0.39 is 0 Å². The fraction of sp³-hybridized carbons (Fsp3) is 0.886. The first-order valence-corrected chi connectivity index (χ1v) is 17.7. The Bertz CT molecular complexity index is 868. The standard InChI is InChI=1S/C35H66N3O2/c1-4-6-8-10-12-14-16-22-28-38(29-23-17-15-13-11-9-7-5-2)30-24-18-20-26-36-32-33(3)34(39)37(35(36)40)27-21-19-25-31-38/h32H,4-31H2,1-3H3/q+1. The van der Waals surface area contributed by atoms with Gasteiger partial charge in [0.2, 0.25) is 0 Å². The number of hydrogen-bond acceptors (Lipinski definition) is 2. The second kappa shape index (κ2) is 21.4. The minimum Gasteiger partial charge on any atom is -0.324 e. The molecule has 0 aromatic carbocycles. The maximum absolute atomic E-state index is 12.9. The molecular weight excluding hydrogens is 494 g/mol. The van der Waals surface area contributed by atoms with Crippen LogP contribution in [0.1, 0.15) is 161 Å². The molecule has 2 rings (SSSR count). The quantitative estimate of drug-likeness (QED) is 0.133. The summed E-state index contributed by atoms with van der Waals surface area (Å²) in [5, 5.41) is 0. The first-order chi connectivity index (χ1) is 19.5. The van der Waals surface area contributed by atoms with E-state index in [0.29, 0.717) is 12.1 Å². The molecule has 2 bridgehead atoms. The van der Waals surface area contributed by atoms with Crippen LogP contribution in [0.3, 0.4) is 0 Å². The minimum atomic E-state index is -0.109. The number of quaternary nitrogens is 1. The van der Waals surface area contributed by atoms with E-state index in [4.69, 9.17) is 0 Å². The third kappa shape index (κ3) is 13.5. The summed E-state index contributed by atoms with van der Waals surface area (Å²) in [6.45, 7) is 13.0. The van der Waals surface area contributed by atoms with Gasteiger partial charge in [-0.1, -0.05) is 90.9 Å². The topological polar surface area (TPSA) is 44.0 Å². The highest BCUT2D eigenvalue weighted by atomic mass is 16.2. The van der Waals surface area contributed by atoms with Gasteiger partial charge >= 0.3 is 5.69 Å². The third-order valence-electron chi connectivity index (χ3n) is 9.43. The molecule has 0 unspecified atom stereocenters. The first-order valence-electron chi connectivity index (χ1n) is 17.7. The molecule has 0 saturated heterocycles. The molecule has 0 spiro atoms. The fourth-order valence-electron chi connectivity index (χ4n) is 6.79. The summed E-state index contributed by atoms with van der Waals surface area (Å²) < 4.78 is 4.62. The van der Waals surface area contributed by atoms with Crippen molar-refractivity contribution in [1.82, 2.24) is 9.13 Å². The molecule has 0 radical (unpaired) electrons. The van der Waals surface area contributed by atoms with E-state index in [1.54, 1.807) is 10.8 Å². The van der Waals surface area contributed by atoms with Crippen molar-refractivity contribution in [2.75, 3.05) is 26.2 Å². The molecule has 5 nitrogen and oxygen atoms in total. The van der Waals surface area contributed by atoms with Crippen molar-refractivity contribution in [3.8, 4) is 0 Å². The zero-order valence-electron chi connectivity index (χ0n) is 27.0. The van der Waals surface area contributed by atoms with Crippen LogP contribution in [0.4, 0.5) is 0 Å². The minimum absolute atomic E-state index is 0.0946. The van der Waals surface area contributed by atoms with Gasteiger partial charge in [-0.25, -0.2) is 4.79 Å². The van der Waals surface area contributed by atoms with Gasteiger partial charge in [-0.3, -0.25) is 9.36 Å². The molecule has 0 saturated carbocycles. The lowest BCUT2D eigenvalue weighted by Gasteiger charge is -2.40. The lowest BCUT2D eigenvalue weighted by molar-refractivity contribution is -0.929. The molecule has 0 N–H and O–H groups in total. The summed E-state index contributed by atoms with van der Waals surface area (Å²) in [5.74, 6) is 0. The van der Waals surface area contributed by atoms with E-state index in [0.717, 1.165) is 25.8 Å². The zero-order valence-corrected chi connectivity index (χ0v) is 27.0. The summed E-state index contributed by atoms with van der Waals surface area (Å²) >= 11 is 0. The maximum atomic E-state index is 12.9. The van der Waals surface area contributed by atoms with Crippen LogP contribution < -0.4 is 11.2 Å². The first kappa shape index (κ1) is 34.8. The van der Waals surface area contributed by atoms with E-state index in [2.05, 4.69) is 13.8 Å². The Kier molecular flexibility index (Phi) is 18.6. The Hall–Kier alpha value is -1.36. The zero-order chi connectivity index (χ0) is 28.9. The second-order valence-electron chi connectivity index (χ2n) is 13.1. The average molecular weight is 561 g/mol. The summed E-state index contributed by atoms with van der Waals surface area (Å²) in [4.78, 5) is 25.6. The number of hydrogen-bond donors (Lipinski definition) is 0. The average Bonchev–Trinajstić information content (AvgIpc) is 2.95. The van der Waals surface area contributed by atoms with E-state index in [1.165, 1.54) is 157 Å². The van der Waals surface area contributed by atoms with Gasteiger partial charge in [-0.2, -0.15) is 0 Å². The van der Waals surface area contributed by atoms with Crippen molar-refractivity contribution < 1.29 is 4.48 Å². The van der Waals surface area contributed by atoms with Crippen LogP contribution in [-0.2, 0) is 13.1 Å². The predicted molar refractivity (Wildman–Crippen MR) is 172 cm³/mol. The van der Waals surface area contributed by atoms with Gasteiger partial charge < -0.3 is 9.05 Å². The molecule has 0 fully saturated rings. The molecular formula is C35H66N3O2+. The molecule has 40 heavy (non-hydrogen) atoms. The van der Waals surface area contributed by atoms with E-state index >= 15 is 0 Å². The predicted octanol–water partition coefficient (Wildman–Crippen LogP) is 8.77. The van der Waals surface area contributed by atoms with Crippen molar-refractivity contribution in [2.45, 2.75) is 175 Å². The van der Waals surface area contributed by atoms with Crippen LogP contribution in [0.2, 0.25) is 0 Å². The van der Waals surface area contributed by atoms with Crippen molar-refractivity contribution >= 4 is 0 Å². The van der Waals surface area contributed by atoms with Crippen molar-refractivity contribution in [3.05, 3.63) is 32.6 Å². The Labute approximate surface area is 247 Å². The number of rotatable bonds is 18. The van der Waals surface area contributed by atoms with Crippen molar-refractivity contribution in [1.29, 1.82) is 0 Å². The Morgan fingerprint density at radius 1 is 0.600 bits per heavy atom. The van der Waals surface area contributed by atoms with Gasteiger partial charge in [0.1, 0.15) is 0 Å². The van der Waals surface area contributed by atoms with Crippen LogP contribution in [0.15, 0.2) is 15.8 Å². The van der Waals surface area contributed by atoms with Crippen LogP contribution in [-0.4, -0.2) is 39.8 Å². The van der Waals surface area contributed by atoms with Crippen LogP contribution >= 0.6 is 0 Å². The number of nitrogens with zero attached hydrogens (tertiary/aromatic N) is 3. The Balaban J connectivity index is 1.97. The number of unbranched alkanes of at least 4 members (excludes halogenated alkanes) is 14. The van der Waals surface area contributed by atoms with E-state index in [-0.39, 0.29) is 11.2 Å². The molecule has 232 valence electrons. The van der Waals surface area contributed by atoms with Crippen LogP contribution in [0.25, 0.3) is 0 Å². The van der Waals surface area contributed by atoms with E-state index in [1.807, 2.05) is 6.92 Å². The summed E-state index contributed by atoms with van der Waals surface area (Å²) in [6.07, 6.45) is 30.8. The highest BCUT2D eigenvalue weighted by Crippen LogP contribution is 2.20. The molecule has 1 aromatic heterocycles. The highest BCUT2D eigenvalue weighted by molar-refractivity contribution is 5.02. The van der Waals surface area contributed by atoms with Gasteiger partial charge in [0, 0.05) is 24.8 Å². The molecule has 0 atom stereocenters. The Morgan fingerprint density at radius 3 is 1.55 bits per heavy atom. The van der Waals surface area contributed by atoms with Gasteiger partial charge in [0.25, 0.3) is 5.56 Å². The van der Waals surface area contributed by atoms with Gasteiger partial charge in [0.15, 0.2) is 0 Å². The molecule has 1 aliphatic heterocycles. The molecule has 1 aliphatic rings. The summed E-state index contributed by atoms with van der Waals surface area (Å²) in [7, 11) is 0. The molecule has 1 aromatic rings. The monoisotopic (exact) mass is 561 g/mol. The van der Waals surface area contributed by atoms with Crippen LogP contribution in [0, 0.1) is 6.92 Å². The molecule has 2 heterocycles. The summed E-state index contributed by atoms with van der Waals surface area (Å²) in [5.41, 5.74) is 0.489. The smallest absolute Gasteiger partial charge is 0.324 e. The van der Waals surface area contributed by atoms with Gasteiger partial charge in [-0.05, 0) is 71.1 Å². The number of fused-ring (bicyclic) bond motifs is 2. The van der Waals surface area contributed by atoms with Crippen molar-refractivity contribution in [3.63, 3.8) is 0 Å². The highest BCUT2D eigenvalue weighted by Gasteiger charge is 2.26. The lowest BCUT2D eigenvalue weighted by Crippen LogP contribution is -2.51. The number of aryl methyl sites for hydroxylation is 2. The SMILES string of the molecule is CCCCCCCCCC[N+]1(CCCCCCCCCC)CCCCCn2cc(C)c(=O)n(c2=O)CCCCC1. The number of aromatic nitrogens is 2. The van der Waals surface area contributed by atoms with Crippen molar-refractivity contribution in [2.24, 2.45) is 0 Å². The van der Waals surface area contributed by atoms with E-state index in [9.17, 15) is 9.59 Å². The van der Waals surface area contributed by atoms with Gasteiger partial charge in [-0.15, -0.1) is 0 Å². The van der Waals surface area contributed by atoms with Crippen LogP contribution in [0.5, 0.6) is 0 Å². The third-order valence-corrected chi connectivity index (χ3v) is 9.43. The lowest BCUT2D eigenvalue weighted by atomic mass is 10.0. The normalized spacial score (nSPS) is 16.6. The fourth-order valence-corrected chi connectivity index (χ4v) is 6.79. The largest absolute Gasteiger partial charge is 0.330 e. The molecule has 0 amide bonds. The summed E-state index contributed by atoms with van der Waals surface area (Å²) in [6, 6.07) is 0. The second-order valence-corrected chi connectivity index (χ2v) is 13.1.